The van der Waals surface area contributed by atoms with Crippen LogP contribution in [0, 0.1) is 6.92 Å². The van der Waals surface area contributed by atoms with Gasteiger partial charge in [0.15, 0.2) is 5.78 Å². The van der Waals surface area contributed by atoms with Crippen molar-refractivity contribution >= 4 is 58.3 Å². The Balaban J connectivity index is 1.02. The SMILES string of the molecule is Cc1ccc(C(=O)Nc2ccc(NC(=O)c3ccc(N4C(=O)c5ccc(C(=O)c6ccc7c(c6)C(=O)N(C)C7=O)cc5C4=O)cc3)cc2)cc1. The molecule has 0 unspecified atom stereocenters. The van der Waals surface area contributed by atoms with E-state index in [0.717, 1.165) is 15.4 Å². The van der Waals surface area contributed by atoms with Gasteiger partial charge in [0.2, 0.25) is 0 Å². The predicted molar refractivity (Wildman–Crippen MR) is 184 cm³/mol. The van der Waals surface area contributed by atoms with Gasteiger partial charge in [0, 0.05) is 40.7 Å². The van der Waals surface area contributed by atoms with E-state index < -0.39 is 35.3 Å². The van der Waals surface area contributed by atoms with Crippen LogP contribution in [0.25, 0.3) is 0 Å². The zero-order chi connectivity index (χ0) is 35.3. The van der Waals surface area contributed by atoms with Gasteiger partial charge in [-0.1, -0.05) is 29.8 Å². The third-order valence-corrected chi connectivity index (χ3v) is 8.60. The maximum Gasteiger partial charge on any atom is 0.266 e. The Kier molecular flexibility index (Phi) is 7.72. The Hall–Kier alpha value is -7.01. The lowest BCUT2D eigenvalue weighted by atomic mass is 9.96. The van der Waals surface area contributed by atoms with Crippen molar-refractivity contribution in [3.63, 3.8) is 0 Å². The molecular formula is C39H26N4O7. The summed E-state index contributed by atoms with van der Waals surface area (Å²) in [6, 6.07) is 28.1. The minimum Gasteiger partial charge on any atom is -0.322 e. The highest BCUT2D eigenvalue weighted by atomic mass is 16.2. The van der Waals surface area contributed by atoms with Crippen LogP contribution < -0.4 is 15.5 Å². The number of benzene rings is 5. The first-order valence-corrected chi connectivity index (χ1v) is 15.4. The monoisotopic (exact) mass is 662 g/mol. The third-order valence-electron chi connectivity index (χ3n) is 8.60. The Morgan fingerprint density at radius 3 is 1.40 bits per heavy atom. The van der Waals surface area contributed by atoms with Gasteiger partial charge < -0.3 is 10.6 Å². The van der Waals surface area contributed by atoms with E-state index in [-0.39, 0.29) is 50.5 Å². The third kappa shape index (κ3) is 5.52. The molecular weight excluding hydrogens is 636 g/mol. The smallest absolute Gasteiger partial charge is 0.266 e. The average molecular weight is 663 g/mol. The number of rotatable bonds is 7. The van der Waals surface area contributed by atoms with E-state index in [2.05, 4.69) is 10.6 Å². The van der Waals surface area contributed by atoms with Crippen molar-refractivity contribution in [3.8, 4) is 0 Å². The number of carbonyl (C=O) groups excluding carboxylic acids is 7. The molecule has 0 spiro atoms. The minimum atomic E-state index is -0.636. The second kappa shape index (κ2) is 12.2. The van der Waals surface area contributed by atoms with E-state index in [9.17, 15) is 33.6 Å². The molecule has 2 aliphatic rings. The highest BCUT2D eigenvalue weighted by Crippen LogP contribution is 2.31. The number of amides is 6. The number of hydrogen-bond donors (Lipinski definition) is 2. The van der Waals surface area contributed by atoms with E-state index in [0.29, 0.717) is 16.9 Å². The fourth-order valence-electron chi connectivity index (χ4n) is 5.80. The molecule has 11 heteroatoms. The largest absolute Gasteiger partial charge is 0.322 e. The van der Waals surface area contributed by atoms with Crippen molar-refractivity contribution in [3.05, 3.63) is 159 Å². The van der Waals surface area contributed by atoms with Crippen LogP contribution in [0.1, 0.15) is 83.6 Å². The summed E-state index contributed by atoms with van der Waals surface area (Å²) in [6.45, 7) is 1.94. The number of aryl methyl sites for hydroxylation is 1. The maximum absolute atomic E-state index is 13.4. The van der Waals surface area contributed by atoms with Gasteiger partial charge in [-0.2, -0.15) is 0 Å². The second-order valence-electron chi connectivity index (χ2n) is 11.9. The molecule has 0 saturated carbocycles. The van der Waals surface area contributed by atoms with Crippen molar-refractivity contribution in [1.29, 1.82) is 0 Å². The van der Waals surface area contributed by atoms with Crippen LogP contribution in [0.3, 0.4) is 0 Å². The summed E-state index contributed by atoms with van der Waals surface area (Å²) >= 11 is 0. The Bertz CT molecular complexity index is 2310. The summed E-state index contributed by atoms with van der Waals surface area (Å²) in [5, 5.41) is 5.59. The van der Waals surface area contributed by atoms with Crippen LogP contribution in [0.2, 0.25) is 0 Å². The first-order valence-electron chi connectivity index (χ1n) is 15.4. The van der Waals surface area contributed by atoms with Crippen LogP contribution in [-0.4, -0.2) is 53.2 Å². The van der Waals surface area contributed by atoms with Gasteiger partial charge in [0.1, 0.15) is 0 Å². The standard InChI is InChI=1S/C39H26N4O7/c1-21-3-5-22(6-4-21)34(45)40-26-11-13-27(14-12-26)41-35(46)23-7-15-28(16-8-23)43-38(49)30-18-10-25(20-32(30)39(43)50)33(44)24-9-17-29-31(19-24)37(48)42(2)36(29)47/h3-20H,1-2H3,(H,40,45)(H,41,46). The molecule has 5 aromatic carbocycles. The van der Waals surface area contributed by atoms with Gasteiger partial charge in [-0.05, 0) is 91.9 Å². The molecule has 2 N–H and O–H groups in total. The molecule has 244 valence electrons. The van der Waals surface area contributed by atoms with Crippen molar-refractivity contribution in [2.45, 2.75) is 6.92 Å². The van der Waals surface area contributed by atoms with Crippen LogP contribution in [0.4, 0.5) is 17.1 Å². The molecule has 5 aromatic rings. The maximum atomic E-state index is 13.4. The molecule has 6 amide bonds. The van der Waals surface area contributed by atoms with Crippen molar-refractivity contribution < 1.29 is 33.6 Å². The van der Waals surface area contributed by atoms with Crippen LogP contribution in [0.15, 0.2) is 109 Å². The summed E-state index contributed by atoms with van der Waals surface area (Å²) in [5.41, 5.74) is 3.89. The van der Waals surface area contributed by atoms with Crippen molar-refractivity contribution in [2.24, 2.45) is 0 Å². The van der Waals surface area contributed by atoms with Crippen LogP contribution in [0.5, 0.6) is 0 Å². The minimum absolute atomic E-state index is 0.0355. The van der Waals surface area contributed by atoms with E-state index in [1.165, 1.54) is 67.7 Å². The average Bonchev–Trinajstić information content (AvgIpc) is 3.51. The number of ketones is 1. The Morgan fingerprint density at radius 1 is 0.480 bits per heavy atom. The molecule has 2 aliphatic heterocycles. The number of nitrogens with zero attached hydrogens (tertiary/aromatic N) is 2. The van der Waals surface area contributed by atoms with Gasteiger partial charge in [-0.3, -0.25) is 38.5 Å². The lowest BCUT2D eigenvalue weighted by Gasteiger charge is -2.14. The van der Waals surface area contributed by atoms with Gasteiger partial charge >= 0.3 is 0 Å². The lowest BCUT2D eigenvalue weighted by molar-refractivity contribution is 0.0691. The molecule has 0 aromatic heterocycles. The Labute approximate surface area is 285 Å². The first-order chi connectivity index (χ1) is 24.0. The molecule has 0 radical (unpaired) electrons. The molecule has 0 atom stereocenters. The quantitative estimate of drug-likeness (QED) is 0.166. The second-order valence-corrected chi connectivity index (χ2v) is 11.9. The summed E-state index contributed by atoms with van der Waals surface area (Å²) in [5.74, 6) is -3.35. The number of anilines is 3. The van der Waals surface area contributed by atoms with Gasteiger partial charge in [-0.25, -0.2) is 4.90 Å². The Morgan fingerprint density at radius 2 is 0.880 bits per heavy atom. The highest BCUT2D eigenvalue weighted by Gasteiger charge is 2.38. The zero-order valence-corrected chi connectivity index (χ0v) is 26.6. The molecule has 0 fully saturated rings. The number of fused-ring (bicyclic) bond motifs is 2. The van der Waals surface area contributed by atoms with Crippen LogP contribution in [-0.2, 0) is 0 Å². The number of carbonyl (C=O) groups is 7. The lowest BCUT2D eigenvalue weighted by Crippen LogP contribution is -2.29. The number of hydrogen-bond acceptors (Lipinski definition) is 7. The number of imide groups is 2. The van der Waals surface area contributed by atoms with Gasteiger partial charge in [0.05, 0.1) is 27.9 Å². The summed E-state index contributed by atoms with van der Waals surface area (Å²) in [6.07, 6.45) is 0. The van der Waals surface area contributed by atoms with Gasteiger partial charge in [-0.15, -0.1) is 0 Å². The fraction of sp³-hybridized carbons (Fsp3) is 0.0513. The van der Waals surface area contributed by atoms with E-state index in [1.54, 1.807) is 36.4 Å². The van der Waals surface area contributed by atoms with E-state index in [1.807, 2.05) is 19.1 Å². The topological polar surface area (TPSA) is 150 Å². The molecule has 50 heavy (non-hydrogen) atoms. The van der Waals surface area contributed by atoms with Crippen LogP contribution >= 0.6 is 0 Å². The molecule has 0 aliphatic carbocycles. The molecule has 7 rings (SSSR count). The first kappa shape index (κ1) is 31.6. The molecule has 0 bridgehead atoms. The number of nitrogens with one attached hydrogen (secondary N) is 2. The predicted octanol–water partition coefficient (Wildman–Crippen LogP) is 5.76. The summed E-state index contributed by atoms with van der Waals surface area (Å²) in [4.78, 5) is 92.1. The normalized spacial score (nSPS) is 13.3. The molecule has 11 nitrogen and oxygen atoms in total. The van der Waals surface area contributed by atoms with E-state index in [4.69, 9.17) is 0 Å². The van der Waals surface area contributed by atoms with Crippen molar-refractivity contribution in [1.82, 2.24) is 4.90 Å². The van der Waals surface area contributed by atoms with Crippen molar-refractivity contribution in [2.75, 3.05) is 22.6 Å². The highest BCUT2D eigenvalue weighted by molar-refractivity contribution is 6.35. The van der Waals surface area contributed by atoms with E-state index >= 15 is 0 Å². The molecule has 0 saturated heterocycles. The molecule has 2 heterocycles. The van der Waals surface area contributed by atoms with Gasteiger partial charge in [0.25, 0.3) is 35.4 Å². The fourth-order valence-corrected chi connectivity index (χ4v) is 5.80. The summed E-state index contributed by atoms with van der Waals surface area (Å²) < 4.78 is 0. The summed E-state index contributed by atoms with van der Waals surface area (Å²) in [7, 11) is 1.36. The zero-order valence-electron chi connectivity index (χ0n) is 26.6.